The average Bonchev–Trinajstić information content (AvgIpc) is 2.61. The molecule has 1 heterocycles. The summed E-state index contributed by atoms with van der Waals surface area (Å²) in [5, 5.41) is 6.61. The second kappa shape index (κ2) is 8.37. The predicted molar refractivity (Wildman–Crippen MR) is 102 cm³/mol. The number of rotatable bonds is 4. The molecule has 0 atom stereocenters. The van der Waals surface area contributed by atoms with Crippen molar-refractivity contribution in [2.24, 2.45) is 0 Å². The van der Waals surface area contributed by atoms with E-state index in [0.717, 1.165) is 43.7 Å². The third-order valence-corrected chi connectivity index (χ3v) is 5.16. The fraction of sp³-hybridized carbons (Fsp3) is 0.350. The molecule has 0 bridgehead atoms. The number of amides is 2. The summed E-state index contributed by atoms with van der Waals surface area (Å²) in [6.07, 6.45) is 2.01. The van der Waals surface area contributed by atoms with Crippen molar-refractivity contribution < 1.29 is 9.69 Å². The number of carbonyl (C=O) groups excluding carboxylic acids is 1. The van der Waals surface area contributed by atoms with Gasteiger partial charge in [0.25, 0.3) is 0 Å². The van der Waals surface area contributed by atoms with Gasteiger partial charge in [-0.1, -0.05) is 48.0 Å². The zero-order chi connectivity index (χ0) is 17.6. The normalized spacial score (nSPS) is 20.1. The van der Waals surface area contributed by atoms with E-state index in [1.54, 1.807) is 11.0 Å². The zero-order valence-electron chi connectivity index (χ0n) is 14.5. The number of hydrogen-bond donors (Lipinski definition) is 3. The molecule has 2 amide bonds. The van der Waals surface area contributed by atoms with Crippen molar-refractivity contribution in [3.05, 3.63) is 64.7 Å². The fourth-order valence-corrected chi connectivity index (χ4v) is 3.44. The predicted octanol–water partition coefficient (Wildman–Crippen LogP) is 3.02. The monoisotopic (exact) mass is 358 g/mol. The van der Waals surface area contributed by atoms with Crippen molar-refractivity contribution in [3.8, 4) is 0 Å². The molecule has 5 heteroatoms. The van der Waals surface area contributed by atoms with Crippen LogP contribution in [0.3, 0.4) is 0 Å². The van der Waals surface area contributed by atoms with E-state index in [1.807, 2.05) is 19.1 Å². The van der Waals surface area contributed by atoms with Crippen molar-refractivity contribution in [1.29, 1.82) is 0 Å². The first-order chi connectivity index (χ1) is 12.1. The highest BCUT2D eigenvalue weighted by Gasteiger charge is 2.23. The summed E-state index contributed by atoms with van der Waals surface area (Å²) in [4.78, 5) is 13.8. The van der Waals surface area contributed by atoms with Crippen molar-refractivity contribution >= 4 is 23.3 Å². The first-order valence-corrected chi connectivity index (χ1v) is 9.19. The molecular formula is C20H25ClN3O+. The van der Waals surface area contributed by atoms with E-state index in [4.69, 9.17) is 11.6 Å². The highest BCUT2D eigenvalue weighted by Crippen LogP contribution is 2.19. The maximum absolute atomic E-state index is 12.2. The molecule has 25 heavy (non-hydrogen) atoms. The number of carbonyl (C=O) groups is 1. The van der Waals surface area contributed by atoms with Crippen molar-refractivity contribution in [3.63, 3.8) is 0 Å². The fourth-order valence-electron chi connectivity index (χ4n) is 3.25. The summed E-state index contributed by atoms with van der Waals surface area (Å²) < 4.78 is 0. The van der Waals surface area contributed by atoms with E-state index in [0.29, 0.717) is 5.02 Å². The molecule has 3 N–H and O–H groups in total. The molecular weight excluding hydrogens is 334 g/mol. The van der Waals surface area contributed by atoms with Crippen LogP contribution in [0.25, 0.3) is 0 Å². The van der Waals surface area contributed by atoms with Crippen molar-refractivity contribution in [2.45, 2.75) is 32.4 Å². The van der Waals surface area contributed by atoms with Crippen LogP contribution in [0.1, 0.15) is 24.0 Å². The molecule has 132 valence electrons. The number of quaternary nitrogens is 1. The summed E-state index contributed by atoms with van der Waals surface area (Å²) in [5.41, 5.74) is 3.10. The molecule has 0 unspecified atom stereocenters. The van der Waals surface area contributed by atoms with E-state index >= 15 is 0 Å². The van der Waals surface area contributed by atoms with Crippen LogP contribution in [0, 0.1) is 6.92 Å². The molecule has 1 aliphatic rings. The van der Waals surface area contributed by atoms with Crippen LogP contribution in [0.15, 0.2) is 48.5 Å². The Morgan fingerprint density at radius 3 is 2.56 bits per heavy atom. The second-order valence-electron chi connectivity index (χ2n) is 6.75. The number of halogens is 1. The first kappa shape index (κ1) is 17.8. The Morgan fingerprint density at radius 2 is 1.88 bits per heavy atom. The quantitative estimate of drug-likeness (QED) is 0.773. The van der Waals surface area contributed by atoms with E-state index in [1.165, 1.54) is 5.56 Å². The van der Waals surface area contributed by atoms with E-state index < -0.39 is 0 Å². The van der Waals surface area contributed by atoms with E-state index in [-0.39, 0.29) is 12.1 Å². The molecule has 1 fully saturated rings. The van der Waals surface area contributed by atoms with Crippen LogP contribution in [0.2, 0.25) is 5.02 Å². The third kappa shape index (κ3) is 5.21. The molecule has 0 saturated carbocycles. The number of anilines is 1. The number of aryl methyl sites for hydroxylation is 1. The topological polar surface area (TPSA) is 45.6 Å². The minimum atomic E-state index is -0.156. The molecule has 0 aromatic heterocycles. The Balaban J connectivity index is 1.43. The summed E-state index contributed by atoms with van der Waals surface area (Å²) in [6, 6.07) is 16.2. The van der Waals surface area contributed by atoms with Gasteiger partial charge in [-0.15, -0.1) is 0 Å². The van der Waals surface area contributed by atoms with Crippen LogP contribution in [0.5, 0.6) is 0 Å². The summed E-state index contributed by atoms with van der Waals surface area (Å²) in [7, 11) is 0. The van der Waals surface area contributed by atoms with Gasteiger partial charge in [-0.05, 0) is 24.6 Å². The number of urea groups is 1. The lowest BCUT2D eigenvalue weighted by Crippen LogP contribution is -3.12. The van der Waals surface area contributed by atoms with Gasteiger partial charge in [0.15, 0.2) is 0 Å². The summed E-state index contributed by atoms with van der Waals surface area (Å²) >= 11 is 6.10. The molecule has 2 aromatic rings. The lowest BCUT2D eigenvalue weighted by Gasteiger charge is -2.29. The molecule has 0 spiro atoms. The lowest BCUT2D eigenvalue weighted by atomic mass is 10.0. The summed E-state index contributed by atoms with van der Waals surface area (Å²) in [5.74, 6) is 0. The van der Waals surface area contributed by atoms with Crippen molar-refractivity contribution in [2.75, 3.05) is 18.4 Å². The van der Waals surface area contributed by atoms with E-state index in [2.05, 4.69) is 41.0 Å². The number of likely N-dealkylation sites (tertiary alicyclic amines) is 1. The SMILES string of the molecule is Cc1ccc(NC(=O)NC2CC[NH+](Cc3ccccc3)CC2)cc1Cl. The molecule has 2 aromatic carbocycles. The first-order valence-electron chi connectivity index (χ1n) is 8.81. The van der Waals surface area contributed by atoms with Gasteiger partial charge < -0.3 is 15.5 Å². The van der Waals surface area contributed by atoms with Crippen LogP contribution in [-0.2, 0) is 6.54 Å². The molecule has 0 radical (unpaired) electrons. The Bertz CT molecular complexity index is 712. The van der Waals surface area contributed by atoms with Crippen LogP contribution < -0.4 is 15.5 Å². The molecule has 1 aliphatic heterocycles. The van der Waals surface area contributed by atoms with Gasteiger partial charge >= 0.3 is 6.03 Å². The van der Waals surface area contributed by atoms with E-state index in [9.17, 15) is 4.79 Å². The van der Waals surface area contributed by atoms with Crippen LogP contribution in [0.4, 0.5) is 10.5 Å². The molecule has 1 saturated heterocycles. The molecule has 0 aliphatic carbocycles. The molecule has 3 rings (SSSR count). The standard InChI is InChI=1S/C20H24ClN3O/c1-15-7-8-18(13-19(15)21)23-20(25)22-17-9-11-24(12-10-17)14-16-5-3-2-4-6-16/h2-8,13,17H,9-12,14H2,1H3,(H2,22,23,25)/p+1. The van der Waals surface area contributed by atoms with Gasteiger partial charge in [-0.25, -0.2) is 4.79 Å². The van der Waals surface area contributed by atoms with Gasteiger partial charge in [0.1, 0.15) is 6.54 Å². The minimum absolute atomic E-state index is 0.156. The Labute approximate surface area is 154 Å². The third-order valence-electron chi connectivity index (χ3n) is 4.75. The number of hydrogen-bond acceptors (Lipinski definition) is 1. The number of nitrogens with one attached hydrogen (secondary N) is 3. The largest absolute Gasteiger partial charge is 0.335 e. The van der Waals surface area contributed by atoms with Gasteiger partial charge in [-0.2, -0.15) is 0 Å². The lowest BCUT2D eigenvalue weighted by molar-refractivity contribution is -0.918. The highest BCUT2D eigenvalue weighted by molar-refractivity contribution is 6.31. The second-order valence-corrected chi connectivity index (χ2v) is 7.16. The number of benzene rings is 2. The van der Waals surface area contributed by atoms with Crippen LogP contribution >= 0.6 is 11.6 Å². The smallest absolute Gasteiger partial charge is 0.319 e. The Morgan fingerprint density at radius 1 is 1.16 bits per heavy atom. The molecule has 4 nitrogen and oxygen atoms in total. The van der Waals surface area contributed by atoms with Gasteiger partial charge in [0.2, 0.25) is 0 Å². The summed E-state index contributed by atoms with van der Waals surface area (Å²) in [6.45, 7) is 5.16. The Hall–Kier alpha value is -2.04. The van der Waals surface area contributed by atoms with Crippen molar-refractivity contribution in [1.82, 2.24) is 5.32 Å². The maximum Gasteiger partial charge on any atom is 0.319 e. The van der Waals surface area contributed by atoms with Gasteiger partial charge in [0, 0.05) is 35.2 Å². The van der Waals surface area contributed by atoms with Gasteiger partial charge in [-0.3, -0.25) is 0 Å². The highest BCUT2D eigenvalue weighted by atomic mass is 35.5. The minimum Gasteiger partial charge on any atom is -0.335 e. The van der Waals surface area contributed by atoms with Crippen LogP contribution in [-0.4, -0.2) is 25.2 Å². The van der Waals surface area contributed by atoms with Gasteiger partial charge in [0.05, 0.1) is 13.1 Å². The zero-order valence-corrected chi connectivity index (χ0v) is 15.3. The maximum atomic E-state index is 12.2. The average molecular weight is 359 g/mol. The number of piperidine rings is 1. The Kier molecular flexibility index (Phi) is 5.95.